The van der Waals surface area contributed by atoms with Gasteiger partial charge in [0.25, 0.3) is 0 Å². The Morgan fingerprint density at radius 2 is 2.00 bits per heavy atom. The molecule has 2 aromatic rings. The molecule has 0 aliphatic carbocycles. The van der Waals surface area contributed by atoms with Crippen LogP contribution in [-0.4, -0.2) is 20.0 Å². The highest BCUT2D eigenvalue weighted by atomic mass is 32.2. The second-order valence-electron chi connectivity index (χ2n) is 3.81. The third-order valence-corrected chi connectivity index (χ3v) is 4.16. The Hall–Kier alpha value is -1.33. The van der Waals surface area contributed by atoms with Crippen LogP contribution in [-0.2, 0) is 17.1 Å². The van der Waals surface area contributed by atoms with E-state index in [1.807, 2.05) is 30.8 Å². The van der Waals surface area contributed by atoms with Crippen molar-refractivity contribution >= 4 is 20.9 Å². The summed E-state index contributed by atoms with van der Waals surface area (Å²) in [6.07, 6.45) is 1.92. The summed E-state index contributed by atoms with van der Waals surface area (Å²) in [5.74, 6) is 0. The second kappa shape index (κ2) is 3.61. The molecule has 1 aromatic carbocycles. The van der Waals surface area contributed by atoms with Crippen molar-refractivity contribution in [2.24, 2.45) is 7.05 Å². The van der Waals surface area contributed by atoms with E-state index >= 15 is 0 Å². The van der Waals surface area contributed by atoms with Gasteiger partial charge in [-0.15, -0.1) is 0 Å². The standard InChI is InChI=1S/C11H14N2O2S/c1-8-6-9(16(14,15)12-2)7-11-10(8)4-5-13(11)3/h4-7,12H,1-3H3. The van der Waals surface area contributed by atoms with E-state index < -0.39 is 10.0 Å². The Labute approximate surface area is 94.9 Å². The molecule has 0 atom stereocenters. The van der Waals surface area contributed by atoms with Gasteiger partial charge in [-0.3, -0.25) is 0 Å². The summed E-state index contributed by atoms with van der Waals surface area (Å²) >= 11 is 0. The van der Waals surface area contributed by atoms with E-state index in [1.54, 1.807) is 12.1 Å². The zero-order chi connectivity index (χ0) is 11.9. The molecule has 0 fully saturated rings. The van der Waals surface area contributed by atoms with Gasteiger partial charge in [-0.1, -0.05) is 0 Å². The molecular formula is C11H14N2O2S. The number of hydrogen-bond donors (Lipinski definition) is 1. The third kappa shape index (κ3) is 1.62. The number of aromatic nitrogens is 1. The fraction of sp³-hybridized carbons (Fsp3) is 0.273. The molecule has 0 amide bonds. The highest BCUT2D eigenvalue weighted by molar-refractivity contribution is 7.89. The van der Waals surface area contributed by atoms with Crippen LogP contribution in [0.3, 0.4) is 0 Å². The second-order valence-corrected chi connectivity index (χ2v) is 5.69. The lowest BCUT2D eigenvalue weighted by molar-refractivity contribution is 0.588. The molecule has 1 N–H and O–H groups in total. The van der Waals surface area contributed by atoms with Crippen LogP contribution in [0.25, 0.3) is 10.9 Å². The summed E-state index contributed by atoms with van der Waals surface area (Å²) < 4.78 is 27.7. The van der Waals surface area contributed by atoms with Gasteiger partial charge in [-0.25, -0.2) is 13.1 Å². The summed E-state index contributed by atoms with van der Waals surface area (Å²) in [6, 6.07) is 5.36. The predicted molar refractivity (Wildman–Crippen MR) is 63.9 cm³/mol. The molecule has 0 aliphatic heterocycles. The fourth-order valence-corrected chi connectivity index (χ4v) is 2.63. The van der Waals surface area contributed by atoms with Crippen LogP contribution in [0.1, 0.15) is 5.56 Å². The summed E-state index contributed by atoms with van der Waals surface area (Å²) in [5, 5.41) is 1.08. The molecule has 0 saturated heterocycles. The van der Waals surface area contributed by atoms with Gasteiger partial charge in [0.2, 0.25) is 10.0 Å². The molecule has 0 unspecified atom stereocenters. The first-order valence-corrected chi connectivity index (χ1v) is 6.43. The van der Waals surface area contributed by atoms with Crippen molar-refractivity contribution < 1.29 is 8.42 Å². The van der Waals surface area contributed by atoms with Crippen molar-refractivity contribution in [3.8, 4) is 0 Å². The summed E-state index contributed by atoms with van der Waals surface area (Å²) in [5.41, 5.74) is 1.89. The molecule has 4 nitrogen and oxygen atoms in total. The van der Waals surface area contributed by atoms with Crippen molar-refractivity contribution in [1.29, 1.82) is 0 Å². The van der Waals surface area contributed by atoms with Crippen molar-refractivity contribution in [2.45, 2.75) is 11.8 Å². The van der Waals surface area contributed by atoms with E-state index in [-0.39, 0.29) is 0 Å². The Morgan fingerprint density at radius 3 is 2.62 bits per heavy atom. The van der Waals surface area contributed by atoms with Gasteiger partial charge in [0, 0.05) is 24.1 Å². The molecule has 0 bridgehead atoms. The smallest absolute Gasteiger partial charge is 0.240 e. The average molecular weight is 238 g/mol. The number of aryl methyl sites for hydroxylation is 2. The number of benzene rings is 1. The number of nitrogens with zero attached hydrogens (tertiary/aromatic N) is 1. The van der Waals surface area contributed by atoms with Gasteiger partial charge in [-0.2, -0.15) is 0 Å². The van der Waals surface area contributed by atoms with Gasteiger partial charge in [0.15, 0.2) is 0 Å². The van der Waals surface area contributed by atoms with Crippen molar-refractivity contribution in [2.75, 3.05) is 7.05 Å². The quantitative estimate of drug-likeness (QED) is 0.859. The van der Waals surface area contributed by atoms with Crippen LogP contribution in [0.15, 0.2) is 29.3 Å². The van der Waals surface area contributed by atoms with E-state index in [0.717, 1.165) is 16.5 Å². The highest BCUT2D eigenvalue weighted by Crippen LogP contribution is 2.23. The van der Waals surface area contributed by atoms with Crippen LogP contribution in [0, 0.1) is 6.92 Å². The van der Waals surface area contributed by atoms with Gasteiger partial charge in [0.05, 0.1) is 4.90 Å². The Balaban J connectivity index is 2.80. The number of nitrogens with one attached hydrogen (secondary N) is 1. The lowest BCUT2D eigenvalue weighted by Crippen LogP contribution is -2.18. The zero-order valence-electron chi connectivity index (χ0n) is 9.48. The fourth-order valence-electron chi connectivity index (χ4n) is 1.80. The van der Waals surface area contributed by atoms with Gasteiger partial charge in [-0.05, 0) is 37.7 Å². The van der Waals surface area contributed by atoms with Crippen molar-refractivity contribution in [1.82, 2.24) is 9.29 Å². The van der Waals surface area contributed by atoms with Crippen LogP contribution in [0.2, 0.25) is 0 Å². The summed E-state index contributed by atoms with van der Waals surface area (Å²) in [7, 11) is -0.0533. The topological polar surface area (TPSA) is 51.1 Å². The van der Waals surface area contributed by atoms with Crippen LogP contribution < -0.4 is 4.72 Å². The van der Waals surface area contributed by atoms with E-state index in [9.17, 15) is 8.42 Å². The minimum Gasteiger partial charge on any atom is -0.351 e. The molecule has 2 rings (SSSR count). The van der Waals surface area contributed by atoms with Gasteiger partial charge < -0.3 is 4.57 Å². The first-order chi connectivity index (χ1) is 7.45. The minimum absolute atomic E-state index is 0.307. The lowest BCUT2D eigenvalue weighted by atomic mass is 10.1. The summed E-state index contributed by atoms with van der Waals surface area (Å²) in [4.78, 5) is 0.307. The molecule has 0 radical (unpaired) electrons. The van der Waals surface area contributed by atoms with Crippen LogP contribution >= 0.6 is 0 Å². The number of sulfonamides is 1. The van der Waals surface area contributed by atoms with Crippen LogP contribution in [0.5, 0.6) is 0 Å². The minimum atomic E-state index is -3.37. The van der Waals surface area contributed by atoms with Gasteiger partial charge >= 0.3 is 0 Å². The lowest BCUT2D eigenvalue weighted by Gasteiger charge is -2.06. The molecule has 1 aromatic heterocycles. The maximum absolute atomic E-state index is 11.7. The predicted octanol–water partition coefficient (Wildman–Crippen LogP) is 1.39. The van der Waals surface area contributed by atoms with E-state index in [4.69, 9.17) is 0 Å². The molecular weight excluding hydrogens is 224 g/mol. The van der Waals surface area contributed by atoms with Gasteiger partial charge in [0.1, 0.15) is 0 Å². The molecule has 0 spiro atoms. The van der Waals surface area contributed by atoms with E-state index in [0.29, 0.717) is 4.90 Å². The molecule has 86 valence electrons. The Morgan fingerprint density at radius 1 is 1.31 bits per heavy atom. The number of rotatable bonds is 2. The van der Waals surface area contributed by atoms with Crippen molar-refractivity contribution in [3.63, 3.8) is 0 Å². The maximum atomic E-state index is 11.7. The first kappa shape index (κ1) is 11.2. The Bertz CT molecular complexity index is 641. The largest absolute Gasteiger partial charge is 0.351 e. The average Bonchev–Trinajstić information content (AvgIpc) is 2.61. The van der Waals surface area contributed by atoms with Crippen LogP contribution in [0.4, 0.5) is 0 Å². The molecule has 16 heavy (non-hydrogen) atoms. The highest BCUT2D eigenvalue weighted by Gasteiger charge is 2.14. The molecule has 0 saturated carbocycles. The zero-order valence-corrected chi connectivity index (χ0v) is 10.3. The normalized spacial score (nSPS) is 12.2. The summed E-state index contributed by atoms with van der Waals surface area (Å²) in [6.45, 7) is 1.91. The molecule has 5 heteroatoms. The molecule has 1 heterocycles. The molecule has 0 aliphatic rings. The SMILES string of the molecule is CNS(=O)(=O)c1cc(C)c2ccn(C)c2c1. The monoisotopic (exact) mass is 238 g/mol. The Kier molecular flexibility index (Phi) is 2.52. The van der Waals surface area contributed by atoms with Crippen molar-refractivity contribution in [3.05, 3.63) is 30.0 Å². The number of fused-ring (bicyclic) bond motifs is 1. The van der Waals surface area contributed by atoms with E-state index in [2.05, 4.69) is 4.72 Å². The third-order valence-electron chi connectivity index (χ3n) is 2.76. The maximum Gasteiger partial charge on any atom is 0.240 e. The first-order valence-electron chi connectivity index (χ1n) is 4.95. The van der Waals surface area contributed by atoms with E-state index in [1.165, 1.54) is 7.05 Å². The number of hydrogen-bond acceptors (Lipinski definition) is 2.